The second kappa shape index (κ2) is 3.90. The highest BCUT2D eigenvalue weighted by Crippen LogP contribution is 2.17. The van der Waals surface area contributed by atoms with Crippen molar-refractivity contribution >= 4 is 0 Å². The summed E-state index contributed by atoms with van der Waals surface area (Å²) >= 11 is 0. The van der Waals surface area contributed by atoms with Gasteiger partial charge in [0.1, 0.15) is 0 Å². The average molecular weight is 178 g/mol. The van der Waals surface area contributed by atoms with Crippen LogP contribution in [0.1, 0.15) is 12.0 Å². The summed E-state index contributed by atoms with van der Waals surface area (Å²) in [6.07, 6.45) is 1.32. The Balaban J connectivity index is 1.98. The Morgan fingerprint density at radius 3 is 2.69 bits per heavy atom. The van der Waals surface area contributed by atoms with Gasteiger partial charge in [-0.3, -0.25) is 0 Å². The molecule has 1 aliphatic heterocycles. The molecule has 0 unspecified atom stereocenters. The summed E-state index contributed by atoms with van der Waals surface area (Å²) in [5.41, 5.74) is 1.23. The van der Waals surface area contributed by atoms with E-state index >= 15 is 0 Å². The second-order valence-electron chi connectivity index (χ2n) is 3.45. The lowest BCUT2D eigenvalue weighted by molar-refractivity contribution is 0.0430. The first-order chi connectivity index (χ1) is 6.36. The van der Waals surface area contributed by atoms with E-state index in [1.807, 2.05) is 18.2 Å². The van der Waals surface area contributed by atoms with Crippen molar-refractivity contribution in [2.24, 2.45) is 0 Å². The van der Waals surface area contributed by atoms with E-state index < -0.39 is 0 Å². The van der Waals surface area contributed by atoms with Crippen LogP contribution < -0.4 is 0 Å². The van der Waals surface area contributed by atoms with Crippen molar-refractivity contribution in [3.63, 3.8) is 0 Å². The van der Waals surface area contributed by atoms with E-state index in [4.69, 9.17) is 4.74 Å². The quantitative estimate of drug-likeness (QED) is 0.741. The number of aliphatic hydroxyl groups is 1. The largest absolute Gasteiger partial charge is 0.390 e. The zero-order valence-electron chi connectivity index (χ0n) is 7.52. The molecule has 2 atom stereocenters. The van der Waals surface area contributed by atoms with Gasteiger partial charge in [0.2, 0.25) is 0 Å². The van der Waals surface area contributed by atoms with Gasteiger partial charge in [-0.25, -0.2) is 0 Å². The summed E-state index contributed by atoms with van der Waals surface area (Å²) < 4.78 is 5.42. The molecule has 1 heterocycles. The fourth-order valence-corrected chi connectivity index (χ4v) is 1.68. The Kier molecular flexibility index (Phi) is 2.62. The minimum atomic E-state index is -0.278. The van der Waals surface area contributed by atoms with E-state index in [1.165, 1.54) is 5.56 Å². The lowest BCUT2D eigenvalue weighted by Gasteiger charge is -2.13. The maximum Gasteiger partial charge on any atom is 0.0874 e. The number of aliphatic hydroxyl groups excluding tert-OH is 1. The van der Waals surface area contributed by atoms with E-state index in [-0.39, 0.29) is 12.2 Å². The molecule has 1 aliphatic rings. The minimum Gasteiger partial charge on any atom is -0.390 e. The molecule has 1 fully saturated rings. The van der Waals surface area contributed by atoms with Gasteiger partial charge in [0.15, 0.2) is 0 Å². The third-order valence-electron chi connectivity index (χ3n) is 2.45. The van der Waals surface area contributed by atoms with Crippen LogP contribution in [0, 0.1) is 0 Å². The van der Waals surface area contributed by atoms with Gasteiger partial charge in [-0.05, 0) is 12.0 Å². The van der Waals surface area contributed by atoms with E-state index in [9.17, 15) is 5.11 Å². The van der Waals surface area contributed by atoms with Crippen LogP contribution in [0.3, 0.4) is 0 Å². The summed E-state index contributed by atoms with van der Waals surface area (Å²) in [5, 5.41) is 9.53. The zero-order valence-corrected chi connectivity index (χ0v) is 7.52. The molecule has 0 amide bonds. The first kappa shape index (κ1) is 8.73. The van der Waals surface area contributed by atoms with Crippen LogP contribution in [0.15, 0.2) is 30.3 Å². The van der Waals surface area contributed by atoms with Crippen molar-refractivity contribution in [1.29, 1.82) is 0 Å². The second-order valence-corrected chi connectivity index (χ2v) is 3.45. The van der Waals surface area contributed by atoms with E-state index in [1.54, 1.807) is 0 Å². The number of rotatable bonds is 2. The third-order valence-corrected chi connectivity index (χ3v) is 2.45. The number of ether oxygens (including phenoxy) is 1. The lowest BCUT2D eigenvalue weighted by atomic mass is 10.0. The van der Waals surface area contributed by atoms with Gasteiger partial charge >= 0.3 is 0 Å². The van der Waals surface area contributed by atoms with Crippen LogP contribution in [0.25, 0.3) is 0 Å². The summed E-state index contributed by atoms with van der Waals surface area (Å²) in [7, 11) is 0. The highest BCUT2D eigenvalue weighted by Gasteiger charge is 2.25. The summed E-state index contributed by atoms with van der Waals surface area (Å²) in [5.74, 6) is 0. The monoisotopic (exact) mass is 178 g/mol. The fraction of sp³-hybridized carbons (Fsp3) is 0.455. The fourth-order valence-electron chi connectivity index (χ4n) is 1.68. The van der Waals surface area contributed by atoms with Crippen LogP contribution in [0.4, 0.5) is 0 Å². The highest BCUT2D eigenvalue weighted by atomic mass is 16.5. The third kappa shape index (κ3) is 2.08. The molecule has 0 aromatic heterocycles. The van der Waals surface area contributed by atoms with Crippen molar-refractivity contribution in [1.82, 2.24) is 0 Å². The molecule has 70 valence electrons. The van der Waals surface area contributed by atoms with Gasteiger partial charge in [0, 0.05) is 13.0 Å². The van der Waals surface area contributed by atoms with Gasteiger partial charge in [-0.1, -0.05) is 30.3 Å². The molecule has 1 aromatic carbocycles. The molecule has 0 saturated carbocycles. The van der Waals surface area contributed by atoms with Gasteiger partial charge in [0.25, 0.3) is 0 Å². The average Bonchev–Trinajstić information content (AvgIpc) is 2.54. The van der Waals surface area contributed by atoms with Crippen LogP contribution in [0.5, 0.6) is 0 Å². The molecule has 0 aliphatic carbocycles. The summed E-state index contributed by atoms with van der Waals surface area (Å²) in [6, 6.07) is 10.1. The summed E-state index contributed by atoms with van der Waals surface area (Å²) in [6.45, 7) is 0.693. The molecule has 0 bridgehead atoms. The Hall–Kier alpha value is -0.860. The maximum absolute atomic E-state index is 9.53. The first-order valence-corrected chi connectivity index (χ1v) is 4.70. The zero-order chi connectivity index (χ0) is 9.10. The van der Waals surface area contributed by atoms with E-state index in [2.05, 4.69) is 12.1 Å². The lowest BCUT2D eigenvalue weighted by Crippen LogP contribution is -2.23. The van der Waals surface area contributed by atoms with Crippen LogP contribution in [-0.2, 0) is 11.2 Å². The standard InChI is InChI=1S/C11H14O2/c12-10-6-7-13-11(10)8-9-4-2-1-3-5-9/h1-5,10-12H,6-8H2/t10-,11+/m1/s1. The van der Waals surface area contributed by atoms with Crippen molar-refractivity contribution in [3.05, 3.63) is 35.9 Å². The Morgan fingerprint density at radius 1 is 1.31 bits per heavy atom. The van der Waals surface area contributed by atoms with Crippen molar-refractivity contribution < 1.29 is 9.84 Å². The molecular weight excluding hydrogens is 164 g/mol. The smallest absolute Gasteiger partial charge is 0.0874 e. The Labute approximate surface area is 78.2 Å². The number of hydrogen-bond donors (Lipinski definition) is 1. The molecule has 2 nitrogen and oxygen atoms in total. The topological polar surface area (TPSA) is 29.5 Å². The molecule has 13 heavy (non-hydrogen) atoms. The molecule has 1 aromatic rings. The van der Waals surface area contributed by atoms with Gasteiger partial charge in [0.05, 0.1) is 12.2 Å². The van der Waals surface area contributed by atoms with E-state index in [0.29, 0.717) is 6.61 Å². The van der Waals surface area contributed by atoms with Crippen molar-refractivity contribution in [3.8, 4) is 0 Å². The molecule has 1 saturated heterocycles. The predicted octanol–water partition coefficient (Wildman–Crippen LogP) is 1.38. The number of benzene rings is 1. The highest BCUT2D eigenvalue weighted by molar-refractivity contribution is 5.16. The SMILES string of the molecule is O[C@@H]1CCO[C@H]1Cc1ccccc1. The van der Waals surface area contributed by atoms with Gasteiger partial charge in [-0.15, -0.1) is 0 Å². The number of hydrogen-bond acceptors (Lipinski definition) is 2. The van der Waals surface area contributed by atoms with Gasteiger partial charge in [-0.2, -0.15) is 0 Å². The minimum absolute atomic E-state index is 0.00222. The molecular formula is C11H14O2. The molecule has 0 radical (unpaired) electrons. The van der Waals surface area contributed by atoms with Crippen LogP contribution in [-0.4, -0.2) is 23.9 Å². The summed E-state index contributed by atoms with van der Waals surface area (Å²) in [4.78, 5) is 0. The maximum atomic E-state index is 9.53. The Bertz CT molecular complexity index is 258. The molecule has 2 heteroatoms. The molecule has 2 rings (SSSR count). The first-order valence-electron chi connectivity index (χ1n) is 4.70. The Morgan fingerprint density at radius 2 is 2.08 bits per heavy atom. The molecule has 0 spiro atoms. The normalized spacial score (nSPS) is 27.8. The van der Waals surface area contributed by atoms with Crippen molar-refractivity contribution in [2.75, 3.05) is 6.61 Å². The van der Waals surface area contributed by atoms with E-state index in [0.717, 1.165) is 12.8 Å². The van der Waals surface area contributed by atoms with Gasteiger partial charge < -0.3 is 9.84 Å². The predicted molar refractivity (Wildman–Crippen MR) is 50.5 cm³/mol. The molecule has 1 N–H and O–H groups in total. The van der Waals surface area contributed by atoms with Crippen LogP contribution in [0.2, 0.25) is 0 Å². The van der Waals surface area contributed by atoms with Crippen molar-refractivity contribution in [2.45, 2.75) is 25.0 Å². The van der Waals surface area contributed by atoms with Crippen LogP contribution >= 0.6 is 0 Å².